The van der Waals surface area contributed by atoms with Gasteiger partial charge in [-0.2, -0.15) is 8.78 Å². The zero-order chi connectivity index (χ0) is 18.7. The van der Waals surface area contributed by atoms with Gasteiger partial charge in [-0.05, 0) is 18.2 Å². The molecule has 0 aromatic heterocycles. The first kappa shape index (κ1) is 18.3. The predicted octanol–water partition coefficient (Wildman–Crippen LogP) is 0.942. The van der Waals surface area contributed by atoms with Gasteiger partial charge in [0.15, 0.2) is 0 Å². The second-order valence-electron chi connectivity index (χ2n) is 6.03. The number of hydrogen-bond donors (Lipinski definition) is 2. The minimum Gasteiger partial charge on any atom is -0.442 e. The van der Waals surface area contributed by atoms with E-state index in [9.17, 15) is 22.8 Å². The van der Waals surface area contributed by atoms with Crippen molar-refractivity contribution in [3.8, 4) is 0 Å². The summed E-state index contributed by atoms with van der Waals surface area (Å²) < 4.78 is 43.9. The zero-order valence-corrected chi connectivity index (χ0v) is 13.9. The second kappa shape index (κ2) is 7.81. The molecule has 0 spiro atoms. The summed E-state index contributed by atoms with van der Waals surface area (Å²) in [6, 6.07) is 4.58. The van der Waals surface area contributed by atoms with Gasteiger partial charge < -0.3 is 20.3 Å². The van der Waals surface area contributed by atoms with Crippen molar-refractivity contribution in [2.75, 3.05) is 49.1 Å². The molecule has 0 unspecified atom stereocenters. The number of piperazine rings is 1. The highest BCUT2D eigenvalue weighted by Crippen LogP contribution is 2.28. The largest absolute Gasteiger partial charge is 0.442 e. The molecular formula is C16H19F3N4O3. The molecule has 0 bridgehead atoms. The quantitative estimate of drug-likeness (QED) is 0.805. The van der Waals surface area contributed by atoms with Crippen molar-refractivity contribution in [2.45, 2.75) is 12.5 Å². The number of nitrogens with one attached hydrogen (secondary N) is 2. The summed E-state index contributed by atoms with van der Waals surface area (Å²) in [7, 11) is 0. The fourth-order valence-corrected chi connectivity index (χ4v) is 2.95. The molecule has 1 aromatic carbocycles. The molecule has 0 aliphatic carbocycles. The number of rotatable bonds is 5. The number of cyclic esters (lactones) is 1. The van der Waals surface area contributed by atoms with Crippen molar-refractivity contribution in [2.24, 2.45) is 0 Å². The first-order valence-electron chi connectivity index (χ1n) is 8.25. The summed E-state index contributed by atoms with van der Waals surface area (Å²) in [4.78, 5) is 26.0. The molecule has 1 aromatic rings. The van der Waals surface area contributed by atoms with Gasteiger partial charge in [-0.25, -0.2) is 9.18 Å². The van der Waals surface area contributed by atoms with Gasteiger partial charge in [-0.3, -0.25) is 9.69 Å². The highest BCUT2D eigenvalue weighted by atomic mass is 19.3. The van der Waals surface area contributed by atoms with Gasteiger partial charge in [0.1, 0.15) is 11.9 Å². The average Bonchev–Trinajstić information content (AvgIpc) is 3.00. The maximum absolute atomic E-state index is 14.5. The van der Waals surface area contributed by atoms with Crippen molar-refractivity contribution in [1.82, 2.24) is 10.6 Å². The summed E-state index contributed by atoms with van der Waals surface area (Å²) >= 11 is 0. The van der Waals surface area contributed by atoms with Crippen LogP contribution in [0.5, 0.6) is 0 Å². The fourth-order valence-electron chi connectivity index (χ4n) is 2.95. The first-order valence-corrected chi connectivity index (χ1v) is 8.25. The van der Waals surface area contributed by atoms with Crippen LogP contribution in [0.15, 0.2) is 18.2 Å². The normalized spacial score (nSPS) is 20.5. The third kappa shape index (κ3) is 4.01. The molecule has 26 heavy (non-hydrogen) atoms. The maximum atomic E-state index is 14.5. The van der Waals surface area contributed by atoms with Crippen LogP contribution in [0.1, 0.15) is 0 Å². The van der Waals surface area contributed by atoms with Gasteiger partial charge in [0.05, 0.1) is 18.8 Å². The van der Waals surface area contributed by atoms with Crippen LogP contribution in [-0.4, -0.2) is 63.8 Å². The monoisotopic (exact) mass is 372 g/mol. The number of carbonyl (C=O) groups is 2. The molecule has 3 rings (SSSR count). The Kier molecular flexibility index (Phi) is 5.50. The molecule has 0 saturated carbocycles. The fraction of sp³-hybridized carbons (Fsp3) is 0.500. The Morgan fingerprint density at radius 3 is 2.73 bits per heavy atom. The summed E-state index contributed by atoms with van der Waals surface area (Å²) in [6.45, 7) is 2.85. The molecule has 2 heterocycles. The van der Waals surface area contributed by atoms with Crippen LogP contribution in [0.2, 0.25) is 0 Å². The van der Waals surface area contributed by atoms with E-state index in [1.54, 1.807) is 6.07 Å². The van der Waals surface area contributed by atoms with Crippen molar-refractivity contribution < 1.29 is 27.5 Å². The number of hydrogen-bond acceptors (Lipinski definition) is 5. The second-order valence-corrected chi connectivity index (χ2v) is 6.03. The Labute approximate surface area is 148 Å². The van der Waals surface area contributed by atoms with Crippen LogP contribution in [0.3, 0.4) is 0 Å². The van der Waals surface area contributed by atoms with Gasteiger partial charge in [-0.15, -0.1) is 0 Å². The van der Waals surface area contributed by atoms with Crippen LogP contribution in [-0.2, 0) is 9.53 Å². The van der Waals surface area contributed by atoms with Crippen molar-refractivity contribution in [3.63, 3.8) is 0 Å². The lowest BCUT2D eigenvalue weighted by atomic mass is 10.2. The van der Waals surface area contributed by atoms with Crippen molar-refractivity contribution >= 4 is 23.4 Å². The number of amides is 2. The summed E-state index contributed by atoms with van der Waals surface area (Å²) in [5.74, 6) is -2.01. The van der Waals surface area contributed by atoms with E-state index in [4.69, 9.17) is 4.74 Å². The third-order valence-corrected chi connectivity index (χ3v) is 4.28. The number of halogens is 3. The van der Waals surface area contributed by atoms with Gasteiger partial charge >= 0.3 is 12.5 Å². The van der Waals surface area contributed by atoms with Crippen molar-refractivity contribution in [3.05, 3.63) is 24.0 Å². The Morgan fingerprint density at radius 2 is 2.08 bits per heavy atom. The van der Waals surface area contributed by atoms with Crippen LogP contribution in [0.25, 0.3) is 0 Å². The van der Waals surface area contributed by atoms with E-state index in [2.05, 4.69) is 5.32 Å². The minimum absolute atomic E-state index is 0.0355. The van der Waals surface area contributed by atoms with E-state index in [1.165, 1.54) is 12.1 Å². The Bertz CT molecular complexity index is 683. The van der Waals surface area contributed by atoms with Crippen LogP contribution >= 0.6 is 0 Å². The third-order valence-electron chi connectivity index (χ3n) is 4.28. The molecule has 1 atom stereocenters. The number of nitrogens with zero attached hydrogens (tertiary/aromatic N) is 2. The van der Waals surface area contributed by atoms with E-state index >= 15 is 0 Å². The van der Waals surface area contributed by atoms with Gasteiger partial charge in [0, 0.05) is 31.9 Å². The first-order chi connectivity index (χ1) is 12.5. The highest BCUT2D eigenvalue weighted by molar-refractivity contribution is 5.90. The lowest BCUT2D eigenvalue weighted by molar-refractivity contribution is -0.132. The zero-order valence-electron chi connectivity index (χ0n) is 13.9. The average molecular weight is 372 g/mol. The molecule has 2 saturated heterocycles. The Morgan fingerprint density at radius 1 is 1.35 bits per heavy atom. The number of benzene rings is 1. The highest BCUT2D eigenvalue weighted by Gasteiger charge is 2.34. The standard InChI is InChI=1S/C16H19F3N4O3/c17-12-7-10(22-5-3-20-4-6-22)1-2-13(12)23-9-11(26-16(23)25)8-21-15(24)14(18)19/h1-2,7,11,14,20H,3-6,8-9H2,(H,21,24)/t11-/m0/s1. The molecule has 7 nitrogen and oxygen atoms in total. The lowest BCUT2D eigenvalue weighted by Crippen LogP contribution is -2.43. The smallest absolute Gasteiger partial charge is 0.414 e. The SMILES string of the molecule is O=C(NC[C@H]1CN(c2ccc(N3CCNCC3)cc2F)C(=O)O1)C(F)F. The Balaban J connectivity index is 1.65. The van der Waals surface area contributed by atoms with Crippen molar-refractivity contribution in [1.29, 1.82) is 0 Å². The molecule has 2 amide bonds. The summed E-state index contributed by atoms with van der Waals surface area (Å²) in [6.07, 6.45) is -4.74. The molecule has 2 aliphatic rings. The molecule has 142 valence electrons. The number of alkyl halides is 2. The van der Waals surface area contributed by atoms with E-state index in [0.29, 0.717) is 0 Å². The van der Waals surface area contributed by atoms with E-state index in [-0.39, 0.29) is 18.8 Å². The number of carbonyl (C=O) groups excluding carboxylic acids is 2. The van der Waals surface area contributed by atoms with Gasteiger partial charge in [0.2, 0.25) is 0 Å². The molecule has 2 fully saturated rings. The van der Waals surface area contributed by atoms with E-state index in [1.807, 2.05) is 10.2 Å². The molecule has 10 heteroatoms. The minimum atomic E-state index is -3.14. The molecule has 2 aliphatic heterocycles. The van der Waals surface area contributed by atoms with E-state index in [0.717, 1.165) is 36.8 Å². The topological polar surface area (TPSA) is 73.9 Å². The predicted molar refractivity (Wildman–Crippen MR) is 88.1 cm³/mol. The molecule has 2 N–H and O–H groups in total. The van der Waals surface area contributed by atoms with E-state index < -0.39 is 30.3 Å². The molecule has 0 radical (unpaired) electrons. The maximum Gasteiger partial charge on any atom is 0.414 e. The summed E-state index contributed by atoms with van der Waals surface area (Å²) in [5.41, 5.74) is 0.776. The van der Waals surface area contributed by atoms with Crippen LogP contribution in [0, 0.1) is 5.82 Å². The summed E-state index contributed by atoms with van der Waals surface area (Å²) in [5, 5.41) is 5.20. The number of ether oxygens (including phenoxy) is 1. The van der Waals surface area contributed by atoms with Gasteiger partial charge in [0.25, 0.3) is 5.91 Å². The van der Waals surface area contributed by atoms with Crippen LogP contribution in [0.4, 0.5) is 29.3 Å². The van der Waals surface area contributed by atoms with Gasteiger partial charge in [-0.1, -0.05) is 0 Å². The Hall–Kier alpha value is -2.49. The molecular weight excluding hydrogens is 353 g/mol. The lowest BCUT2D eigenvalue weighted by Gasteiger charge is -2.29. The van der Waals surface area contributed by atoms with Crippen LogP contribution < -0.4 is 20.4 Å². The number of anilines is 2.